The predicted molar refractivity (Wildman–Crippen MR) is 93.6 cm³/mol. The summed E-state index contributed by atoms with van der Waals surface area (Å²) < 4.78 is 10.6. The van der Waals surface area contributed by atoms with Crippen molar-refractivity contribution in [3.05, 3.63) is 23.8 Å². The van der Waals surface area contributed by atoms with Gasteiger partial charge in [0.05, 0.1) is 14.2 Å². The van der Waals surface area contributed by atoms with Gasteiger partial charge in [0, 0.05) is 31.7 Å². The van der Waals surface area contributed by atoms with E-state index in [0.717, 1.165) is 43.1 Å². The van der Waals surface area contributed by atoms with E-state index in [-0.39, 0.29) is 11.9 Å². The number of nitrogens with one attached hydrogen (secondary N) is 2. The molecule has 1 aromatic rings. The van der Waals surface area contributed by atoms with Gasteiger partial charge in [0.25, 0.3) is 0 Å². The van der Waals surface area contributed by atoms with Crippen LogP contribution in [0.4, 0.5) is 4.79 Å². The molecule has 1 heterocycles. The van der Waals surface area contributed by atoms with Crippen LogP contribution >= 0.6 is 0 Å². The molecule has 2 atom stereocenters. The Morgan fingerprint density at radius 3 is 2.48 bits per heavy atom. The van der Waals surface area contributed by atoms with Crippen molar-refractivity contribution in [1.29, 1.82) is 0 Å². The lowest BCUT2D eigenvalue weighted by atomic mass is 10.2. The first-order chi connectivity index (χ1) is 11.9. The first kappa shape index (κ1) is 18.9. The topological polar surface area (TPSA) is 106 Å². The molecule has 1 fully saturated rings. The van der Waals surface area contributed by atoms with Gasteiger partial charge in [0.1, 0.15) is 17.5 Å². The smallest absolute Gasteiger partial charge is 0.312 e. The van der Waals surface area contributed by atoms with Crippen LogP contribution in [0.2, 0.25) is 0 Å². The van der Waals surface area contributed by atoms with E-state index in [2.05, 4.69) is 15.5 Å². The van der Waals surface area contributed by atoms with Crippen molar-refractivity contribution in [3.8, 4) is 11.5 Å². The summed E-state index contributed by atoms with van der Waals surface area (Å²) in [7, 11) is 3.25. The van der Waals surface area contributed by atoms with E-state index in [1.54, 1.807) is 21.1 Å². The van der Waals surface area contributed by atoms with Gasteiger partial charge in [-0.2, -0.15) is 0 Å². The molecule has 1 unspecified atom stereocenters. The van der Waals surface area contributed by atoms with Crippen molar-refractivity contribution < 1.29 is 19.1 Å². The summed E-state index contributed by atoms with van der Waals surface area (Å²) in [5.74, 6) is 1.28. The number of nitrogens with two attached hydrogens (primary N) is 1. The molecule has 2 rings (SSSR count). The molecule has 1 saturated heterocycles. The largest absolute Gasteiger partial charge is 0.497 e. The Kier molecular flexibility index (Phi) is 6.46. The van der Waals surface area contributed by atoms with Gasteiger partial charge in [-0.1, -0.05) is 0 Å². The molecule has 0 aromatic heterocycles. The number of amides is 3. The summed E-state index contributed by atoms with van der Waals surface area (Å²) >= 11 is 0. The minimum atomic E-state index is -0.706. The number of urea groups is 1. The third-order valence-corrected chi connectivity index (χ3v) is 4.19. The number of likely N-dealkylation sites (tertiary alicyclic amines) is 1. The fourth-order valence-corrected chi connectivity index (χ4v) is 2.92. The van der Waals surface area contributed by atoms with Crippen LogP contribution in [0.3, 0.4) is 0 Å². The van der Waals surface area contributed by atoms with E-state index in [1.807, 2.05) is 18.2 Å². The molecule has 0 saturated carbocycles. The van der Waals surface area contributed by atoms with Crippen LogP contribution in [0.1, 0.15) is 18.9 Å². The molecule has 8 nitrogen and oxygen atoms in total. The maximum atomic E-state index is 12.0. The summed E-state index contributed by atoms with van der Waals surface area (Å²) in [6.07, 6.45) is 0.857. The second kappa shape index (κ2) is 8.57. The molecule has 0 aliphatic carbocycles. The molecule has 3 amide bonds. The quantitative estimate of drug-likeness (QED) is 0.662. The summed E-state index contributed by atoms with van der Waals surface area (Å²) in [5, 5.41) is 5.32. The lowest BCUT2D eigenvalue weighted by molar-refractivity contribution is -0.123. The molecule has 25 heavy (non-hydrogen) atoms. The number of carbonyl (C=O) groups excluding carboxylic acids is 2. The molecule has 1 aliphatic rings. The Morgan fingerprint density at radius 1 is 1.28 bits per heavy atom. The first-order valence-electron chi connectivity index (χ1n) is 8.22. The average Bonchev–Trinajstić information content (AvgIpc) is 3.00. The molecule has 8 heteroatoms. The Balaban J connectivity index is 1.88. The van der Waals surface area contributed by atoms with Crippen molar-refractivity contribution >= 4 is 11.9 Å². The summed E-state index contributed by atoms with van der Waals surface area (Å²) in [6, 6.07) is 4.50. The number of primary amides is 1. The van der Waals surface area contributed by atoms with E-state index in [9.17, 15) is 9.59 Å². The zero-order valence-electron chi connectivity index (χ0n) is 14.9. The number of hydrogen-bond acceptors (Lipinski definition) is 5. The van der Waals surface area contributed by atoms with Crippen LogP contribution < -0.4 is 25.8 Å². The van der Waals surface area contributed by atoms with Gasteiger partial charge in [0.15, 0.2) is 0 Å². The standard InChI is InChI=1S/C17H26N4O4/c1-11(19-17(18)23)16(22)20-13-4-5-21(10-13)9-12-6-14(24-2)8-15(7-12)25-3/h6-8,11,13H,4-5,9-10H2,1-3H3,(H,20,22)(H3,18,19,23)/t11-,13?/m0/s1. The minimum absolute atomic E-state index is 0.0529. The van der Waals surface area contributed by atoms with Crippen molar-refractivity contribution in [3.63, 3.8) is 0 Å². The molecule has 1 aromatic carbocycles. The average molecular weight is 350 g/mol. The molecule has 1 aliphatic heterocycles. The molecule has 0 spiro atoms. The number of nitrogens with zero attached hydrogens (tertiary/aromatic N) is 1. The zero-order valence-corrected chi connectivity index (χ0v) is 14.9. The zero-order chi connectivity index (χ0) is 18.4. The van der Waals surface area contributed by atoms with E-state index < -0.39 is 12.1 Å². The van der Waals surface area contributed by atoms with Gasteiger partial charge in [-0.15, -0.1) is 0 Å². The Hall–Kier alpha value is -2.48. The monoisotopic (exact) mass is 350 g/mol. The highest BCUT2D eigenvalue weighted by atomic mass is 16.5. The minimum Gasteiger partial charge on any atom is -0.497 e. The van der Waals surface area contributed by atoms with Crippen LogP contribution in [0, 0.1) is 0 Å². The molecule has 0 bridgehead atoms. The third kappa shape index (κ3) is 5.53. The van der Waals surface area contributed by atoms with Crippen LogP contribution in [-0.2, 0) is 11.3 Å². The molecule has 4 N–H and O–H groups in total. The van der Waals surface area contributed by atoms with Gasteiger partial charge in [0.2, 0.25) is 5.91 Å². The normalized spacial score (nSPS) is 18.4. The van der Waals surface area contributed by atoms with Crippen LogP contribution in [-0.4, -0.2) is 56.2 Å². The number of hydrogen-bond donors (Lipinski definition) is 3. The maximum Gasteiger partial charge on any atom is 0.312 e. The van der Waals surface area contributed by atoms with E-state index in [0.29, 0.717) is 0 Å². The molecule has 138 valence electrons. The third-order valence-electron chi connectivity index (χ3n) is 4.19. The highest BCUT2D eigenvalue weighted by Gasteiger charge is 2.26. The van der Waals surface area contributed by atoms with E-state index in [4.69, 9.17) is 15.2 Å². The lowest BCUT2D eigenvalue weighted by Gasteiger charge is -2.19. The van der Waals surface area contributed by atoms with Crippen molar-refractivity contribution in [2.75, 3.05) is 27.3 Å². The first-order valence-corrected chi connectivity index (χ1v) is 8.22. The molecule has 0 radical (unpaired) electrons. The highest BCUT2D eigenvalue weighted by molar-refractivity contribution is 5.86. The van der Waals surface area contributed by atoms with Crippen LogP contribution in [0.15, 0.2) is 18.2 Å². The van der Waals surface area contributed by atoms with Crippen LogP contribution in [0.5, 0.6) is 11.5 Å². The second-order valence-corrected chi connectivity index (χ2v) is 6.18. The predicted octanol–water partition coefficient (Wildman–Crippen LogP) is 0.451. The SMILES string of the molecule is COc1cc(CN2CCC(NC(=O)[C@H](C)NC(N)=O)C2)cc(OC)c1. The van der Waals surface area contributed by atoms with Crippen molar-refractivity contribution in [2.24, 2.45) is 5.73 Å². The van der Waals surface area contributed by atoms with Crippen molar-refractivity contribution in [1.82, 2.24) is 15.5 Å². The molecular weight excluding hydrogens is 324 g/mol. The fraction of sp³-hybridized carbons (Fsp3) is 0.529. The van der Waals surface area contributed by atoms with Gasteiger partial charge in [-0.3, -0.25) is 9.69 Å². The summed E-state index contributed by atoms with van der Waals surface area (Å²) in [5.41, 5.74) is 6.13. The van der Waals surface area contributed by atoms with Crippen LogP contribution in [0.25, 0.3) is 0 Å². The molecular formula is C17H26N4O4. The summed E-state index contributed by atoms with van der Waals surface area (Å²) in [4.78, 5) is 25.1. The Morgan fingerprint density at radius 2 is 1.92 bits per heavy atom. The fourth-order valence-electron chi connectivity index (χ4n) is 2.92. The lowest BCUT2D eigenvalue weighted by Crippen LogP contribution is -2.50. The van der Waals surface area contributed by atoms with Crippen molar-refractivity contribution in [2.45, 2.75) is 32.0 Å². The number of rotatable bonds is 7. The Labute approximate surface area is 147 Å². The second-order valence-electron chi connectivity index (χ2n) is 6.18. The Bertz CT molecular complexity index is 600. The highest BCUT2D eigenvalue weighted by Crippen LogP contribution is 2.24. The van der Waals surface area contributed by atoms with E-state index >= 15 is 0 Å². The number of benzene rings is 1. The number of carbonyl (C=O) groups is 2. The number of methoxy groups -OCH3 is 2. The van der Waals surface area contributed by atoms with E-state index in [1.165, 1.54) is 0 Å². The summed E-state index contributed by atoms with van der Waals surface area (Å²) in [6.45, 7) is 3.97. The number of ether oxygens (including phenoxy) is 2. The van der Waals surface area contributed by atoms with Gasteiger partial charge in [-0.25, -0.2) is 4.79 Å². The van der Waals surface area contributed by atoms with Gasteiger partial charge >= 0.3 is 6.03 Å². The maximum absolute atomic E-state index is 12.0. The van der Waals surface area contributed by atoms with Gasteiger partial charge < -0.3 is 25.8 Å². The van der Waals surface area contributed by atoms with Gasteiger partial charge in [-0.05, 0) is 31.0 Å².